The molecule has 1 aliphatic rings. The van der Waals surface area contributed by atoms with Crippen LogP contribution in [0, 0.1) is 0 Å². The number of nitrogens with zero attached hydrogens (tertiary/aromatic N) is 1. The molecule has 2 atom stereocenters. The molecule has 172 valence electrons. The van der Waals surface area contributed by atoms with E-state index in [0.717, 1.165) is 25.1 Å². The predicted molar refractivity (Wildman–Crippen MR) is 133 cm³/mol. The van der Waals surface area contributed by atoms with E-state index < -0.39 is 0 Å². The lowest BCUT2D eigenvalue weighted by Crippen LogP contribution is -2.40. The van der Waals surface area contributed by atoms with Gasteiger partial charge in [-0.15, -0.1) is 0 Å². The van der Waals surface area contributed by atoms with E-state index in [0.29, 0.717) is 18.1 Å². The summed E-state index contributed by atoms with van der Waals surface area (Å²) in [4.78, 5) is 16.1. The lowest BCUT2D eigenvalue weighted by Gasteiger charge is -2.32. The number of rotatable bonds is 7. The molecule has 4 aromatic rings. The molecule has 2 unspecified atom stereocenters. The van der Waals surface area contributed by atoms with Gasteiger partial charge in [-0.1, -0.05) is 60.7 Å². The van der Waals surface area contributed by atoms with Crippen LogP contribution in [-0.4, -0.2) is 30.1 Å². The number of ether oxygens (including phenoxy) is 2. The molecule has 5 nitrogen and oxygen atoms in total. The number of carbonyl (C=O) groups excluding carboxylic acids is 1. The maximum Gasteiger partial charge on any atom is 0.338 e. The van der Waals surface area contributed by atoms with Gasteiger partial charge in [-0.25, -0.2) is 4.79 Å². The summed E-state index contributed by atoms with van der Waals surface area (Å²) in [6.07, 6.45) is 4.31. The van der Waals surface area contributed by atoms with E-state index in [1.807, 2.05) is 12.1 Å². The Kier molecular flexibility index (Phi) is 6.94. The number of pyridine rings is 1. The number of aromatic nitrogens is 1. The summed E-state index contributed by atoms with van der Waals surface area (Å²) in [5, 5.41) is 5.96. The number of benzene rings is 3. The van der Waals surface area contributed by atoms with Crippen LogP contribution < -0.4 is 5.32 Å². The third kappa shape index (κ3) is 5.33. The van der Waals surface area contributed by atoms with Crippen LogP contribution in [0.1, 0.15) is 39.4 Å². The Morgan fingerprint density at radius 2 is 1.65 bits per heavy atom. The topological polar surface area (TPSA) is 60.5 Å². The number of piperidine rings is 1. The fraction of sp³-hybridized carbons (Fsp3) is 0.241. The van der Waals surface area contributed by atoms with Gasteiger partial charge in [0.2, 0.25) is 0 Å². The monoisotopic (exact) mass is 452 g/mol. The maximum atomic E-state index is 12.2. The van der Waals surface area contributed by atoms with Gasteiger partial charge in [0.25, 0.3) is 0 Å². The second-order valence-electron chi connectivity index (χ2n) is 8.68. The van der Waals surface area contributed by atoms with Gasteiger partial charge in [-0.2, -0.15) is 0 Å². The van der Waals surface area contributed by atoms with Crippen LogP contribution in [0.25, 0.3) is 10.8 Å². The maximum absolute atomic E-state index is 12.2. The van der Waals surface area contributed by atoms with Crippen molar-refractivity contribution in [2.24, 2.45) is 0 Å². The van der Waals surface area contributed by atoms with Gasteiger partial charge in [0, 0.05) is 24.9 Å². The Balaban J connectivity index is 1.20. The SMILES string of the molecule is O=C(OCc1ccc(C2CCNCC2OCc2ccc3ccccc3c2)cc1)c1ccncc1. The van der Waals surface area contributed by atoms with E-state index in [1.54, 1.807) is 24.5 Å². The van der Waals surface area contributed by atoms with E-state index in [-0.39, 0.29) is 18.7 Å². The van der Waals surface area contributed by atoms with Crippen LogP contribution in [0.2, 0.25) is 0 Å². The number of nitrogens with one attached hydrogen (secondary N) is 1. The molecular formula is C29H28N2O3. The molecule has 0 spiro atoms. The Bertz CT molecular complexity index is 1240. The third-order valence-electron chi connectivity index (χ3n) is 6.40. The second kappa shape index (κ2) is 10.6. The molecule has 0 saturated carbocycles. The van der Waals surface area contributed by atoms with Gasteiger partial charge in [0.05, 0.1) is 18.3 Å². The van der Waals surface area contributed by atoms with Crippen molar-refractivity contribution in [3.63, 3.8) is 0 Å². The first-order chi connectivity index (χ1) is 16.8. The fourth-order valence-corrected chi connectivity index (χ4v) is 4.50. The minimum Gasteiger partial charge on any atom is -0.457 e. The van der Waals surface area contributed by atoms with E-state index in [1.165, 1.54) is 21.9 Å². The summed E-state index contributed by atoms with van der Waals surface area (Å²) in [7, 11) is 0. The van der Waals surface area contributed by atoms with E-state index in [2.05, 4.69) is 64.9 Å². The lowest BCUT2D eigenvalue weighted by molar-refractivity contribution is 0.0106. The lowest BCUT2D eigenvalue weighted by atomic mass is 9.87. The minimum absolute atomic E-state index is 0.107. The zero-order chi connectivity index (χ0) is 23.2. The van der Waals surface area contributed by atoms with Gasteiger partial charge >= 0.3 is 5.97 Å². The van der Waals surface area contributed by atoms with Gasteiger partial charge in [0.1, 0.15) is 6.61 Å². The average Bonchev–Trinajstić information content (AvgIpc) is 2.91. The molecule has 0 aliphatic carbocycles. The molecule has 1 aliphatic heterocycles. The molecule has 3 aromatic carbocycles. The van der Waals surface area contributed by atoms with Crippen LogP contribution in [0.3, 0.4) is 0 Å². The molecule has 5 rings (SSSR count). The standard InChI is InChI=1S/C29H28N2O3/c32-29(25-11-14-30-15-12-25)34-19-21-5-9-24(10-6-21)27-13-16-31-18-28(27)33-20-22-7-8-23-3-1-2-4-26(23)17-22/h1-12,14-15,17,27-28,31H,13,16,18-20H2. The van der Waals surface area contributed by atoms with Crippen LogP contribution in [0.5, 0.6) is 0 Å². The number of hydrogen-bond acceptors (Lipinski definition) is 5. The molecule has 1 N–H and O–H groups in total. The largest absolute Gasteiger partial charge is 0.457 e. The molecule has 0 bridgehead atoms. The molecular weight excluding hydrogens is 424 g/mol. The molecule has 0 radical (unpaired) electrons. The normalized spacial score (nSPS) is 18.0. The molecule has 1 fully saturated rings. The van der Waals surface area contributed by atoms with Crippen LogP contribution in [0.15, 0.2) is 91.3 Å². The zero-order valence-electron chi connectivity index (χ0n) is 19.0. The molecule has 1 aromatic heterocycles. The van der Waals surface area contributed by atoms with Crippen molar-refractivity contribution in [2.75, 3.05) is 13.1 Å². The van der Waals surface area contributed by atoms with Gasteiger partial charge in [0.15, 0.2) is 0 Å². The van der Waals surface area contributed by atoms with Crippen LogP contribution >= 0.6 is 0 Å². The predicted octanol–water partition coefficient (Wildman–Crippen LogP) is 5.25. The van der Waals surface area contributed by atoms with Crippen LogP contribution in [-0.2, 0) is 22.7 Å². The van der Waals surface area contributed by atoms with Crippen molar-refractivity contribution < 1.29 is 14.3 Å². The summed E-state index contributed by atoms with van der Waals surface area (Å²) >= 11 is 0. The Morgan fingerprint density at radius 3 is 2.47 bits per heavy atom. The van der Waals surface area contributed by atoms with Crippen molar-refractivity contribution in [1.29, 1.82) is 0 Å². The second-order valence-corrected chi connectivity index (χ2v) is 8.68. The van der Waals surface area contributed by atoms with Crippen molar-refractivity contribution >= 4 is 16.7 Å². The Hall–Kier alpha value is -3.54. The highest BCUT2D eigenvalue weighted by atomic mass is 16.5. The van der Waals surface area contributed by atoms with E-state index in [4.69, 9.17) is 9.47 Å². The van der Waals surface area contributed by atoms with Gasteiger partial charge in [-0.05, 0) is 58.6 Å². The molecule has 2 heterocycles. The first kappa shape index (κ1) is 22.3. The number of carbonyl (C=O) groups is 1. The van der Waals surface area contributed by atoms with Gasteiger partial charge in [-0.3, -0.25) is 4.98 Å². The highest BCUT2D eigenvalue weighted by molar-refractivity contribution is 5.89. The zero-order valence-corrected chi connectivity index (χ0v) is 19.0. The molecule has 34 heavy (non-hydrogen) atoms. The van der Waals surface area contributed by atoms with E-state index in [9.17, 15) is 4.79 Å². The smallest absolute Gasteiger partial charge is 0.338 e. The van der Waals surface area contributed by atoms with Gasteiger partial charge < -0.3 is 14.8 Å². The highest BCUT2D eigenvalue weighted by Crippen LogP contribution is 2.29. The summed E-state index contributed by atoms with van der Waals surface area (Å²) in [5.41, 5.74) is 3.92. The summed E-state index contributed by atoms with van der Waals surface area (Å²) in [5.74, 6) is -0.0119. The van der Waals surface area contributed by atoms with E-state index >= 15 is 0 Å². The summed E-state index contributed by atoms with van der Waals surface area (Å²) < 4.78 is 11.8. The highest BCUT2D eigenvalue weighted by Gasteiger charge is 2.27. The third-order valence-corrected chi connectivity index (χ3v) is 6.40. The number of fused-ring (bicyclic) bond motifs is 1. The fourth-order valence-electron chi connectivity index (χ4n) is 4.50. The minimum atomic E-state index is -0.341. The van der Waals surface area contributed by atoms with Crippen molar-refractivity contribution in [3.05, 3.63) is 114 Å². The van der Waals surface area contributed by atoms with Crippen molar-refractivity contribution in [2.45, 2.75) is 31.7 Å². The Labute approximate surface area is 199 Å². The molecule has 0 amide bonds. The quantitative estimate of drug-likeness (QED) is 0.388. The molecule has 1 saturated heterocycles. The Morgan fingerprint density at radius 1 is 0.882 bits per heavy atom. The van der Waals surface area contributed by atoms with Crippen molar-refractivity contribution in [1.82, 2.24) is 10.3 Å². The first-order valence-electron chi connectivity index (χ1n) is 11.7. The molecule has 5 heteroatoms. The van der Waals surface area contributed by atoms with Crippen LogP contribution in [0.4, 0.5) is 0 Å². The summed E-state index contributed by atoms with van der Waals surface area (Å²) in [6, 6.07) is 26.6. The first-order valence-corrected chi connectivity index (χ1v) is 11.7. The summed E-state index contributed by atoms with van der Waals surface area (Å²) in [6.45, 7) is 2.65. The number of hydrogen-bond donors (Lipinski definition) is 1. The number of esters is 1. The average molecular weight is 453 g/mol. The van der Waals surface area contributed by atoms with Crippen molar-refractivity contribution in [3.8, 4) is 0 Å².